The Bertz CT molecular complexity index is 1670. The molecule has 47 heavy (non-hydrogen) atoms. The second-order valence-corrected chi connectivity index (χ2v) is 12.0. The van der Waals surface area contributed by atoms with Crippen LogP contribution in [0.4, 0.5) is 14.9 Å². The van der Waals surface area contributed by atoms with Crippen LogP contribution in [0, 0.1) is 5.82 Å². The zero-order chi connectivity index (χ0) is 33.2. The molecule has 2 aliphatic rings. The first-order chi connectivity index (χ1) is 22.7. The first-order valence-corrected chi connectivity index (χ1v) is 15.5. The summed E-state index contributed by atoms with van der Waals surface area (Å²) in [6, 6.07) is 25.5. The number of hydrogen-bond donors (Lipinski definition) is 7. The van der Waals surface area contributed by atoms with Gasteiger partial charge in [-0.05, 0) is 65.4 Å². The number of urea groups is 1. The number of phenols is 1. The van der Waals surface area contributed by atoms with Gasteiger partial charge in [0.2, 0.25) is 0 Å². The fraction of sp³-hybridized carbons (Fsp3) is 0.306. The Labute approximate surface area is 270 Å². The minimum atomic E-state index is -1.49. The highest BCUT2D eigenvalue weighted by atomic mass is 19.1. The summed E-state index contributed by atoms with van der Waals surface area (Å²) in [5.41, 5.74) is 3.67. The lowest BCUT2D eigenvalue weighted by Gasteiger charge is -2.40. The number of carbonyl (C=O) groups excluding carboxylic acids is 1. The number of benzene rings is 4. The molecule has 1 unspecified atom stereocenters. The van der Waals surface area contributed by atoms with Crippen molar-refractivity contribution in [1.29, 1.82) is 0 Å². The van der Waals surface area contributed by atoms with E-state index in [1.54, 1.807) is 41.3 Å². The molecular weight excluding hydrogens is 607 g/mol. The molecule has 2 fully saturated rings. The third-order valence-corrected chi connectivity index (χ3v) is 9.04. The van der Waals surface area contributed by atoms with Gasteiger partial charge in [0, 0.05) is 11.3 Å². The van der Waals surface area contributed by atoms with E-state index in [0.29, 0.717) is 34.4 Å². The van der Waals surface area contributed by atoms with Gasteiger partial charge in [0.05, 0.1) is 24.8 Å². The summed E-state index contributed by atoms with van der Waals surface area (Å²) < 4.78 is 19.1. The predicted octanol–water partition coefficient (Wildman–Crippen LogP) is 3.87. The van der Waals surface area contributed by atoms with E-state index in [2.05, 4.69) is 5.32 Å². The molecule has 6 rings (SSSR count). The average Bonchev–Trinajstić information content (AvgIpc) is 3.42. The molecule has 0 radical (unpaired) electrons. The fourth-order valence-electron chi connectivity index (χ4n) is 6.47. The van der Waals surface area contributed by atoms with Crippen LogP contribution in [-0.2, 0) is 4.74 Å². The van der Waals surface area contributed by atoms with Crippen molar-refractivity contribution in [3.05, 3.63) is 120 Å². The third kappa shape index (κ3) is 6.59. The molecule has 0 spiro atoms. The molecule has 8 atom stereocenters. The number of rotatable bonds is 9. The molecule has 7 N–H and O–H groups in total. The van der Waals surface area contributed by atoms with Gasteiger partial charge < -0.3 is 40.7 Å². The number of hydrogen-bond acceptors (Lipinski definition) is 8. The third-order valence-electron chi connectivity index (χ3n) is 9.04. The first-order valence-electron chi connectivity index (χ1n) is 15.5. The summed E-state index contributed by atoms with van der Waals surface area (Å²) in [5.74, 6) is -0.432. The molecule has 2 aliphatic heterocycles. The number of phenolic OH excluding ortho intramolecular Hbond substituents is 1. The molecular formula is C36H37FN2O8. The average molecular weight is 645 g/mol. The number of aliphatic hydroxyl groups is 5. The van der Waals surface area contributed by atoms with Crippen LogP contribution in [0.15, 0.2) is 97.1 Å². The van der Waals surface area contributed by atoms with Crippen LogP contribution in [0.1, 0.15) is 47.8 Å². The van der Waals surface area contributed by atoms with Crippen molar-refractivity contribution in [2.75, 3.05) is 11.5 Å². The summed E-state index contributed by atoms with van der Waals surface area (Å²) in [7, 11) is 0. The highest BCUT2D eigenvalue weighted by molar-refractivity contribution is 5.96. The highest BCUT2D eigenvalue weighted by Crippen LogP contribution is 2.42. The fourth-order valence-corrected chi connectivity index (χ4v) is 6.47. The number of anilines is 1. The van der Waals surface area contributed by atoms with Crippen molar-refractivity contribution in [3.8, 4) is 16.9 Å². The monoisotopic (exact) mass is 644 g/mol. The Morgan fingerprint density at radius 2 is 1.53 bits per heavy atom. The van der Waals surface area contributed by atoms with Crippen LogP contribution in [-0.4, -0.2) is 73.7 Å². The van der Waals surface area contributed by atoms with Gasteiger partial charge in [0.15, 0.2) is 0 Å². The second-order valence-electron chi connectivity index (χ2n) is 12.0. The zero-order valence-electron chi connectivity index (χ0n) is 25.3. The van der Waals surface area contributed by atoms with Gasteiger partial charge >= 0.3 is 6.03 Å². The Balaban J connectivity index is 1.25. The molecule has 246 valence electrons. The number of nitrogens with zero attached hydrogens (tertiary/aromatic N) is 1. The van der Waals surface area contributed by atoms with E-state index in [4.69, 9.17) is 4.74 Å². The summed E-state index contributed by atoms with van der Waals surface area (Å²) in [4.78, 5) is 14.9. The SMILES string of the molecule is O=C1N[C@H](CC[C@H](O)c2ccc(F)cc2)[C@@H](c2ccc(-c3ccc(C4O[C@H](CO)[C@@H](O)[C@H](O)[C@H]4O)cc3)cc2O)N1c1ccccc1. The number of para-hydroxylation sites is 1. The van der Waals surface area contributed by atoms with Crippen LogP contribution in [0.3, 0.4) is 0 Å². The van der Waals surface area contributed by atoms with E-state index >= 15 is 0 Å². The molecule has 2 amide bonds. The summed E-state index contributed by atoms with van der Waals surface area (Å²) >= 11 is 0. The Morgan fingerprint density at radius 1 is 0.851 bits per heavy atom. The smallest absolute Gasteiger partial charge is 0.322 e. The lowest BCUT2D eigenvalue weighted by atomic mass is 9.90. The summed E-state index contributed by atoms with van der Waals surface area (Å²) in [5, 5.41) is 65.5. The predicted molar refractivity (Wildman–Crippen MR) is 171 cm³/mol. The van der Waals surface area contributed by atoms with Crippen molar-refractivity contribution in [2.45, 2.75) is 61.5 Å². The number of halogens is 1. The minimum absolute atomic E-state index is 0.0352. The topological polar surface area (TPSA) is 163 Å². The van der Waals surface area contributed by atoms with E-state index in [9.17, 15) is 39.8 Å². The maximum absolute atomic E-state index is 13.4. The molecule has 11 heteroatoms. The molecule has 0 saturated carbocycles. The van der Waals surface area contributed by atoms with Crippen molar-refractivity contribution in [1.82, 2.24) is 5.32 Å². The van der Waals surface area contributed by atoms with Crippen LogP contribution in [0.5, 0.6) is 5.75 Å². The number of carbonyl (C=O) groups is 1. The van der Waals surface area contributed by atoms with E-state index in [-0.39, 0.29) is 18.2 Å². The van der Waals surface area contributed by atoms with Crippen LogP contribution >= 0.6 is 0 Å². The van der Waals surface area contributed by atoms with Gasteiger partial charge in [-0.15, -0.1) is 0 Å². The van der Waals surface area contributed by atoms with Crippen molar-refractivity contribution >= 4 is 11.7 Å². The highest BCUT2D eigenvalue weighted by Gasteiger charge is 2.44. The molecule has 4 aromatic carbocycles. The molecule has 10 nitrogen and oxygen atoms in total. The lowest BCUT2D eigenvalue weighted by Crippen LogP contribution is -2.55. The molecule has 2 saturated heterocycles. The summed E-state index contributed by atoms with van der Waals surface area (Å²) in [6.45, 7) is -0.523. The minimum Gasteiger partial charge on any atom is -0.508 e. The van der Waals surface area contributed by atoms with E-state index in [1.165, 1.54) is 24.3 Å². The lowest BCUT2D eigenvalue weighted by molar-refractivity contribution is -0.231. The number of aliphatic hydroxyl groups excluding tert-OH is 5. The van der Waals surface area contributed by atoms with Crippen LogP contribution in [0.25, 0.3) is 11.1 Å². The van der Waals surface area contributed by atoms with Gasteiger partial charge in [0.1, 0.15) is 42.1 Å². The van der Waals surface area contributed by atoms with Crippen LogP contribution < -0.4 is 10.2 Å². The zero-order valence-corrected chi connectivity index (χ0v) is 25.3. The Kier molecular flexibility index (Phi) is 9.55. The van der Waals surface area contributed by atoms with Crippen molar-refractivity contribution in [2.24, 2.45) is 0 Å². The molecule has 0 aromatic heterocycles. The van der Waals surface area contributed by atoms with Crippen molar-refractivity contribution < 1.29 is 44.6 Å². The maximum Gasteiger partial charge on any atom is 0.322 e. The first kappa shape index (κ1) is 32.6. The largest absolute Gasteiger partial charge is 0.508 e. The normalized spacial score (nSPS) is 26.6. The molecule has 2 heterocycles. The number of ether oxygens (including phenoxy) is 1. The quantitative estimate of drug-likeness (QED) is 0.145. The number of aromatic hydroxyl groups is 1. The van der Waals surface area contributed by atoms with Crippen LogP contribution in [0.2, 0.25) is 0 Å². The van der Waals surface area contributed by atoms with E-state index < -0.39 is 61.1 Å². The summed E-state index contributed by atoms with van der Waals surface area (Å²) in [6.07, 6.45) is -6.54. The Hall–Kier alpha value is -4.36. The van der Waals surface area contributed by atoms with E-state index in [0.717, 1.165) is 5.56 Å². The Morgan fingerprint density at radius 3 is 2.19 bits per heavy atom. The van der Waals surface area contributed by atoms with Gasteiger partial charge in [-0.1, -0.05) is 66.7 Å². The molecule has 0 aliphatic carbocycles. The van der Waals surface area contributed by atoms with Gasteiger partial charge in [-0.3, -0.25) is 4.90 Å². The number of nitrogens with one attached hydrogen (secondary N) is 1. The van der Waals surface area contributed by atoms with E-state index in [1.807, 2.05) is 36.4 Å². The molecule has 4 aromatic rings. The second kappa shape index (κ2) is 13.8. The van der Waals surface area contributed by atoms with Gasteiger partial charge in [-0.25, -0.2) is 9.18 Å². The van der Waals surface area contributed by atoms with Crippen molar-refractivity contribution in [3.63, 3.8) is 0 Å². The number of amides is 2. The standard InChI is InChI=1S/C36H37FN2O8/c37-24-13-10-21(11-14-24)28(41)17-16-27-31(39(36(46)38-27)25-4-2-1-3-5-25)26-15-12-23(18-29(26)42)20-6-8-22(9-7-20)35-34(45)33(44)32(43)30(19-40)47-35/h1-15,18,27-28,30-35,40-45H,16-17,19H2,(H,38,46)/t27-,28+,30-,31-,32-,33+,34-,35?/m1/s1. The molecule has 0 bridgehead atoms. The van der Waals surface area contributed by atoms with Gasteiger partial charge in [0.25, 0.3) is 0 Å². The van der Waals surface area contributed by atoms with Gasteiger partial charge in [-0.2, -0.15) is 0 Å². The maximum atomic E-state index is 13.4.